The third-order valence-electron chi connectivity index (χ3n) is 3.53. The predicted molar refractivity (Wildman–Crippen MR) is 90.7 cm³/mol. The number of carbonyl (C=O) groups is 2. The van der Waals surface area contributed by atoms with Crippen molar-refractivity contribution in [3.63, 3.8) is 0 Å². The van der Waals surface area contributed by atoms with Crippen LogP contribution < -0.4 is 15.4 Å². The molecule has 1 fully saturated rings. The minimum Gasteiger partial charge on any atom is -0.489 e. The van der Waals surface area contributed by atoms with Gasteiger partial charge in [-0.15, -0.1) is 0 Å². The topological polar surface area (TPSA) is 67.4 Å². The average molecular weight is 343 g/mol. The maximum absolute atomic E-state index is 11.5. The Balaban J connectivity index is 1.69. The molecule has 122 valence electrons. The first-order valence-corrected chi connectivity index (χ1v) is 7.77. The van der Waals surface area contributed by atoms with Crippen LogP contribution in [0.3, 0.4) is 0 Å². The highest BCUT2D eigenvalue weighted by Gasteiger charge is 2.22. The Kier molecular flexibility index (Phi) is 4.82. The third kappa shape index (κ3) is 3.94. The van der Waals surface area contributed by atoms with Crippen LogP contribution in [-0.4, -0.2) is 11.9 Å². The third-order valence-corrected chi connectivity index (χ3v) is 3.78. The van der Waals surface area contributed by atoms with E-state index in [1.807, 2.05) is 48.5 Å². The molecule has 0 atom stereocenters. The van der Waals surface area contributed by atoms with Crippen LogP contribution in [-0.2, 0) is 17.8 Å². The number of urea groups is 1. The number of carbonyl (C=O) groups excluding carboxylic acids is 2. The molecule has 1 aliphatic heterocycles. The van der Waals surface area contributed by atoms with Crippen molar-refractivity contribution in [2.24, 2.45) is 0 Å². The van der Waals surface area contributed by atoms with Crippen LogP contribution in [0.5, 0.6) is 5.75 Å². The lowest BCUT2D eigenvalue weighted by atomic mass is 10.1. The first-order chi connectivity index (χ1) is 11.6. The number of halogens is 1. The number of nitrogens with one attached hydrogen (secondary N) is 2. The maximum atomic E-state index is 11.5. The van der Waals surface area contributed by atoms with E-state index < -0.39 is 11.9 Å². The summed E-state index contributed by atoms with van der Waals surface area (Å²) < 4.78 is 5.87. The van der Waals surface area contributed by atoms with Gasteiger partial charge in [0.15, 0.2) is 0 Å². The molecule has 0 aromatic heterocycles. The average Bonchev–Trinajstić information content (AvgIpc) is 2.91. The normalized spacial score (nSPS) is 15.3. The lowest BCUT2D eigenvalue weighted by Gasteiger charge is -2.10. The molecule has 2 aromatic carbocycles. The van der Waals surface area contributed by atoms with E-state index in [1.54, 1.807) is 6.08 Å². The zero-order valence-corrected chi connectivity index (χ0v) is 13.5. The Bertz CT molecular complexity index is 800. The first kappa shape index (κ1) is 16.1. The molecular formula is C18H15ClN2O3. The SMILES string of the molecule is O=C1NC(=O)/C(=C/Cc2ccccc2OCc2ccc(Cl)cc2)N1. The smallest absolute Gasteiger partial charge is 0.326 e. The lowest BCUT2D eigenvalue weighted by molar-refractivity contribution is -0.115. The van der Waals surface area contributed by atoms with Crippen LogP contribution in [0.25, 0.3) is 0 Å². The Labute approximate surface area is 144 Å². The van der Waals surface area contributed by atoms with Gasteiger partial charge in [0.25, 0.3) is 5.91 Å². The molecule has 0 radical (unpaired) electrons. The Morgan fingerprint density at radius 1 is 1.00 bits per heavy atom. The summed E-state index contributed by atoms with van der Waals surface area (Å²) in [6, 6.07) is 14.5. The number of ether oxygens (including phenoxy) is 1. The molecule has 0 unspecified atom stereocenters. The van der Waals surface area contributed by atoms with Gasteiger partial charge in [-0.05, 0) is 35.7 Å². The molecule has 2 aromatic rings. The summed E-state index contributed by atoms with van der Waals surface area (Å²) in [5.41, 5.74) is 2.19. The van der Waals surface area contributed by atoms with E-state index in [0.717, 1.165) is 16.9 Å². The van der Waals surface area contributed by atoms with Gasteiger partial charge < -0.3 is 10.1 Å². The predicted octanol–water partition coefficient (Wildman–Crippen LogP) is 3.18. The van der Waals surface area contributed by atoms with Crippen molar-refractivity contribution in [1.82, 2.24) is 10.6 Å². The Hall–Kier alpha value is -2.79. The molecule has 1 aliphatic rings. The van der Waals surface area contributed by atoms with E-state index in [4.69, 9.17) is 16.3 Å². The van der Waals surface area contributed by atoms with Gasteiger partial charge in [0.1, 0.15) is 18.1 Å². The van der Waals surface area contributed by atoms with Gasteiger partial charge >= 0.3 is 6.03 Å². The zero-order chi connectivity index (χ0) is 16.9. The molecule has 24 heavy (non-hydrogen) atoms. The highest BCUT2D eigenvalue weighted by Crippen LogP contribution is 2.21. The summed E-state index contributed by atoms with van der Waals surface area (Å²) in [5, 5.41) is 5.32. The lowest BCUT2D eigenvalue weighted by Crippen LogP contribution is -2.22. The molecule has 3 rings (SSSR count). The van der Waals surface area contributed by atoms with Gasteiger partial charge in [0.05, 0.1) is 0 Å². The monoisotopic (exact) mass is 342 g/mol. The van der Waals surface area contributed by atoms with E-state index in [-0.39, 0.29) is 5.70 Å². The van der Waals surface area contributed by atoms with Gasteiger partial charge in [-0.2, -0.15) is 0 Å². The molecule has 0 bridgehead atoms. The van der Waals surface area contributed by atoms with Crippen LogP contribution in [0.15, 0.2) is 60.3 Å². The highest BCUT2D eigenvalue weighted by atomic mass is 35.5. The van der Waals surface area contributed by atoms with E-state index >= 15 is 0 Å². The number of hydrogen-bond donors (Lipinski definition) is 2. The van der Waals surface area contributed by atoms with Crippen LogP contribution in [0.4, 0.5) is 4.79 Å². The summed E-state index contributed by atoms with van der Waals surface area (Å²) >= 11 is 5.87. The fourth-order valence-electron chi connectivity index (χ4n) is 2.29. The van der Waals surface area contributed by atoms with Gasteiger partial charge in [-0.3, -0.25) is 10.1 Å². The van der Waals surface area contributed by atoms with Crippen molar-refractivity contribution >= 4 is 23.5 Å². The number of imide groups is 1. The fraction of sp³-hybridized carbons (Fsp3) is 0.111. The van der Waals surface area contributed by atoms with E-state index in [9.17, 15) is 9.59 Å². The fourth-order valence-corrected chi connectivity index (χ4v) is 2.42. The van der Waals surface area contributed by atoms with Crippen molar-refractivity contribution in [3.8, 4) is 5.75 Å². The second kappa shape index (κ2) is 7.19. The molecule has 0 spiro atoms. The van der Waals surface area contributed by atoms with Crippen molar-refractivity contribution in [2.45, 2.75) is 13.0 Å². The summed E-state index contributed by atoms with van der Waals surface area (Å²) in [4.78, 5) is 22.6. The van der Waals surface area contributed by atoms with Crippen LogP contribution in [0, 0.1) is 0 Å². The number of allylic oxidation sites excluding steroid dienone is 1. The molecule has 2 N–H and O–H groups in total. The standard InChI is InChI=1S/C18H15ClN2O3/c19-14-8-5-12(6-9-14)11-24-16-4-2-1-3-13(16)7-10-15-17(22)21-18(23)20-15/h1-6,8-10H,7,11H2,(H2,20,21,22,23)/b15-10-. The maximum Gasteiger partial charge on any atom is 0.326 e. The Morgan fingerprint density at radius 2 is 1.75 bits per heavy atom. The molecule has 0 saturated carbocycles. The molecule has 6 heteroatoms. The molecular weight excluding hydrogens is 328 g/mol. The van der Waals surface area contributed by atoms with Gasteiger partial charge in [0, 0.05) is 5.02 Å². The van der Waals surface area contributed by atoms with E-state index in [1.165, 1.54) is 0 Å². The minimum absolute atomic E-state index is 0.257. The van der Waals surface area contributed by atoms with Crippen molar-refractivity contribution in [2.75, 3.05) is 0 Å². The zero-order valence-electron chi connectivity index (χ0n) is 12.7. The number of hydrogen-bond acceptors (Lipinski definition) is 3. The van der Waals surface area contributed by atoms with E-state index in [2.05, 4.69) is 10.6 Å². The molecule has 1 saturated heterocycles. The molecule has 1 heterocycles. The Morgan fingerprint density at radius 3 is 2.46 bits per heavy atom. The summed E-state index contributed by atoms with van der Waals surface area (Å²) in [7, 11) is 0. The quantitative estimate of drug-likeness (QED) is 0.647. The van der Waals surface area contributed by atoms with Crippen LogP contribution >= 0.6 is 11.6 Å². The number of amides is 3. The molecule has 0 aliphatic carbocycles. The van der Waals surface area contributed by atoms with Crippen molar-refractivity contribution < 1.29 is 14.3 Å². The van der Waals surface area contributed by atoms with Gasteiger partial charge in [-0.25, -0.2) is 4.79 Å². The summed E-state index contributed by atoms with van der Waals surface area (Å²) in [6.07, 6.45) is 2.14. The van der Waals surface area contributed by atoms with Crippen molar-refractivity contribution in [1.29, 1.82) is 0 Å². The number of para-hydroxylation sites is 1. The van der Waals surface area contributed by atoms with Gasteiger partial charge in [0.2, 0.25) is 0 Å². The summed E-state index contributed by atoms with van der Waals surface area (Å²) in [5.74, 6) is 0.314. The second-order valence-electron chi connectivity index (χ2n) is 5.25. The summed E-state index contributed by atoms with van der Waals surface area (Å²) in [6.45, 7) is 0.419. The van der Waals surface area contributed by atoms with E-state index in [0.29, 0.717) is 18.1 Å². The van der Waals surface area contributed by atoms with Crippen molar-refractivity contribution in [3.05, 3.63) is 76.5 Å². The second-order valence-corrected chi connectivity index (χ2v) is 5.69. The van der Waals surface area contributed by atoms with Crippen LogP contribution in [0.2, 0.25) is 5.02 Å². The van der Waals surface area contributed by atoms with Gasteiger partial charge in [-0.1, -0.05) is 48.0 Å². The minimum atomic E-state index is -0.501. The number of rotatable bonds is 5. The molecule has 3 amide bonds. The number of benzene rings is 2. The van der Waals surface area contributed by atoms with Crippen LogP contribution in [0.1, 0.15) is 11.1 Å². The molecule has 5 nitrogen and oxygen atoms in total. The largest absolute Gasteiger partial charge is 0.489 e. The highest BCUT2D eigenvalue weighted by molar-refractivity contribution is 6.30. The first-order valence-electron chi connectivity index (χ1n) is 7.39.